The van der Waals surface area contributed by atoms with Gasteiger partial charge < -0.3 is 14.7 Å². The Kier molecular flexibility index (Phi) is 5.60. The van der Waals surface area contributed by atoms with E-state index < -0.39 is 0 Å². The van der Waals surface area contributed by atoms with Crippen molar-refractivity contribution in [3.05, 3.63) is 41.1 Å². The minimum absolute atomic E-state index is 0.0352. The molecule has 1 amide bonds. The molecule has 0 saturated carbocycles. The monoisotopic (exact) mass is 362 g/mol. The molecule has 1 aromatic carbocycles. The van der Waals surface area contributed by atoms with Crippen molar-refractivity contribution in [2.24, 2.45) is 0 Å². The summed E-state index contributed by atoms with van der Waals surface area (Å²) < 4.78 is 5.00. The van der Waals surface area contributed by atoms with Crippen molar-refractivity contribution < 1.29 is 9.32 Å². The quantitative estimate of drug-likeness (QED) is 0.885. The van der Waals surface area contributed by atoms with E-state index in [4.69, 9.17) is 16.1 Å². The second kappa shape index (κ2) is 7.89. The highest BCUT2D eigenvalue weighted by Crippen LogP contribution is 2.22. The summed E-state index contributed by atoms with van der Waals surface area (Å²) in [5.41, 5.74) is 1.13. The fraction of sp³-hybridized carbons (Fsp3) is 0.444. The number of aryl methyl sites for hydroxylation is 1. The summed E-state index contributed by atoms with van der Waals surface area (Å²) in [6.45, 7) is 7.23. The van der Waals surface area contributed by atoms with Crippen LogP contribution in [0.15, 0.2) is 34.9 Å². The minimum atomic E-state index is -0.168. The Hall–Kier alpha value is -2.05. The first-order chi connectivity index (χ1) is 12.1. The smallest absolute Gasteiger partial charge is 0.242 e. The lowest BCUT2D eigenvalue weighted by Crippen LogP contribution is -2.53. The average molecular weight is 363 g/mol. The van der Waals surface area contributed by atoms with E-state index >= 15 is 0 Å². The normalized spacial score (nSPS) is 16.7. The number of carbonyl (C=O) groups is 1. The number of halogens is 1. The van der Waals surface area contributed by atoms with Crippen LogP contribution in [-0.4, -0.2) is 48.2 Å². The third-order valence-electron chi connectivity index (χ3n) is 4.50. The SMILES string of the molecule is CC[C@H](C(=O)Nc1cc(C)on1)N1CCN(c2cccc(Cl)c2)CC1. The van der Waals surface area contributed by atoms with E-state index in [0.717, 1.165) is 43.3 Å². The number of aromatic nitrogens is 1. The fourth-order valence-corrected chi connectivity index (χ4v) is 3.39. The molecule has 1 saturated heterocycles. The zero-order chi connectivity index (χ0) is 17.8. The molecule has 7 heteroatoms. The molecule has 2 heterocycles. The predicted molar refractivity (Wildman–Crippen MR) is 99.2 cm³/mol. The number of hydrogen-bond donors (Lipinski definition) is 1. The van der Waals surface area contributed by atoms with Gasteiger partial charge in [-0.1, -0.05) is 29.7 Å². The van der Waals surface area contributed by atoms with Crippen LogP contribution in [0.3, 0.4) is 0 Å². The van der Waals surface area contributed by atoms with Gasteiger partial charge >= 0.3 is 0 Å². The van der Waals surface area contributed by atoms with E-state index in [0.29, 0.717) is 11.6 Å². The Morgan fingerprint density at radius 3 is 2.68 bits per heavy atom. The number of rotatable bonds is 5. The van der Waals surface area contributed by atoms with Gasteiger partial charge in [0.2, 0.25) is 5.91 Å². The van der Waals surface area contributed by atoms with E-state index in [1.165, 1.54) is 0 Å². The molecule has 0 unspecified atom stereocenters. The zero-order valence-electron chi connectivity index (χ0n) is 14.5. The van der Waals surface area contributed by atoms with Crippen molar-refractivity contribution in [3.8, 4) is 0 Å². The maximum atomic E-state index is 12.6. The Morgan fingerprint density at radius 1 is 1.32 bits per heavy atom. The molecule has 0 radical (unpaired) electrons. The molecule has 6 nitrogen and oxygen atoms in total. The van der Waals surface area contributed by atoms with Crippen LogP contribution in [0, 0.1) is 6.92 Å². The lowest BCUT2D eigenvalue weighted by molar-refractivity contribution is -0.121. The van der Waals surface area contributed by atoms with Crippen LogP contribution in [0.5, 0.6) is 0 Å². The topological polar surface area (TPSA) is 61.6 Å². The summed E-state index contributed by atoms with van der Waals surface area (Å²) in [4.78, 5) is 17.1. The molecular weight excluding hydrogens is 340 g/mol. The lowest BCUT2D eigenvalue weighted by atomic mass is 10.1. The van der Waals surface area contributed by atoms with Crippen LogP contribution >= 0.6 is 11.6 Å². The molecule has 1 fully saturated rings. The van der Waals surface area contributed by atoms with Crippen molar-refractivity contribution in [2.45, 2.75) is 26.3 Å². The number of piperazine rings is 1. The molecule has 0 bridgehead atoms. The van der Waals surface area contributed by atoms with Crippen molar-refractivity contribution in [1.82, 2.24) is 10.1 Å². The van der Waals surface area contributed by atoms with Crippen molar-refractivity contribution in [3.63, 3.8) is 0 Å². The van der Waals surface area contributed by atoms with Crippen LogP contribution in [0.25, 0.3) is 0 Å². The van der Waals surface area contributed by atoms with E-state index in [1.54, 1.807) is 13.0 Å². The van der Waals surface area contributed by atoms with Crippen LogP contribution in [0.4, 0.5) is 11.5 Å². The minimum Gasteiger partial charge on any atom is -0.369 e. The number of anilines is 2. The molecule has 134 valence electrons. The molecule has 0 spiro atoms. The van der Waals surface area contributed by atoms with Gasteiger partial charge in [0.25, 0.3) is 0 Å². The highest BCUT2D eigenvalue weighted by Gasteiger charge is 2.28. The fourth-order valence-electron chi connectivity index (χ4n) is 3.21. The van der Waals surface area contributed by atoms with Crippen molar-refractivity contribution >= 4 is 29.0 Å². The van der Waals surface area contributed by atoms with Crippen molar-refractivity contribution in [1.29, 1.82) is 0 Å². The van der Waals surface area contributed by atoms with Gasteiger partial charge in [0.05, 0.1) is 6.04 Å². The number of nitrogens with zero attached hydrogens (tertiary/aromatic N) is 3. The Morgan fingerprint density at radius 2 is 2.08 bits per heavy atom. The summed E-state index contributed by atoms with van der Waals surface area (Å²) in [6, 6.07) is 9.45. The summed E-state index contributed by atoms with van der Waals surface area (Å²) in [5, 5.41) is 7.42. The van der Waals surface area contributed by atoms with Gasteiger partial charge in [-0.05, 0) is 31.5 Å². The van der Waals surface area contributed by atoms with Gasteiger partial charge in [0, 0.05) is 43.0 Å². The predicted octanol–water partition coefficient (Wildman–Crippen LogP) is 3.18. The molecule has 1 atom stereocenters. The molecule has 1 aliphatic rings. The van der Waals surface area contributed by atoms with E-state index in [-0.39, 0.29) is 11.9 Å². The Balaban J connectivity index is 1.59. The first-order valence-electron chi connectivity index (χ1n) is 8.55. The largest absolute Gasteiger partial charge is 0.369 e. The third-order valence-corrected chi connectivity index (χ3v) is 4.73. The summed E-state index contributed by atoms with van der Waals surface area (Å²) >= 11 is 6.08. The van der Waals surface area contributed by atoms with Crippen LogP contribution in [0.2, 0.25) is 5.02 Å². The first kappa shape index (κ1) is 17.8. The standard InChI is InChI=1S/C18H23ClN4O2/c1-3-16(18(24)20-17-11-13(2)25-21-17)23-9-7-22(8-10-23)15-6-4-5-14(19)12-15/h4-6,11-12,16H,3,7-10H2,1-2H3,(H,20,21,24)/t16-/m1/s1. The van der Waals surface area contributed by atoms with Crippen LogP contribution in [-0.2, 0) is 4.79 Å². The summed E-state index contributed by atoms with van der Waals surface area (Å²) in [6.07, 6.45) is 0.750. The molecular formula is C18H23ClN4O2. The van der Waals surface area contributed by atoms with E-state index in [1.807, 2.05) is 25.1 Å². The highest BCUT2D eigenvalue weighted by molar-refractivity contribution is 6.30. The maximum absolute atomic E-state index is 12.6. The molecule has 1 aliphatic heterocycles. The molecule has 1 N–H and O–H groups in total. The number of amides is 1. The van der Waals surface area contributed by atoms with Gasteiger partial charge in [-0.15, -0.1) is 0 Å². The van der Waals surface area contributed by atoms with Gasteiger partial charge in [-0.2, -0.15) is 0 Å². The van der Waals surface area contributed by atoms with E-state index in [2.05, 4.69) is 26.3 Å². The van der Waals surface area contributed by atoms with Gasteiger partial charge in [0.15, 0.2) is 5.82 Å². The maximum Gasteiger partial charge on any atom is 0.242 e. The molecule has 2 aromatic rings. The second-order valence-corrected chi connectivity index (χ2v) is 6.68. The Bertz CT molecular complexity index is 725. The number of hydrogen-bond acceptors (Lipinski definition) is 5. The molecule has 3 rings (SSSR count). The molecule has 1 aromatic heterocycles. The van der Waals surface area contributed by atoms with Crippen LogP contribution < -0.4 is 10.2 Å². The lowest BCUT2D eigenvalue weighted by Gasteiger charge is -2.39. The van der Waals surface area contributed by atoms with Gasteiger partial charge in [0.1, 0.15) is 5.76 Å². The van der Waals surface area contributed by atoms with Gasteiger partial charge in [-0.25, -0.2) is 0 Å². The zero-order valence-corrected chi connectivity index (χ0v) is 15.3. The third kappa shape index (κ3) is 4.32. The number of nitrogens with one attached hydrogen (secondary N) is 1. The van der Waals surface area contributed by atoms with Gasteiger partial charge in [-0.3, -0.25) is 9.69 Å². The van der Waals surface area contributed by atoms with E-state index in [9.17, 15) is 4.79 Å². The average Bonchev–Trinajstić information content (AvgIpc) is 3.01. The van der Waals surface area contributed by atoms with Crippen LogP contribution in [0.1, 0.15) is 19.1 Å². The second-order valence-electron chi connectivity index (χ2n) is 6.24. The number of carbonyl (C=O) groups excluding carboxylic acids is 1. The number of benzene rings is 1. The summed E-state index contributed by atoms with van der Waals surface area (Å²) in [5.74, 6) is 1.11. The molecule has 25 heavy (non-hydrogen) atoms. The molecule has 0 aliphatic carbocycles. The Labute approximate surface area is 152 Å². The highest BCUT2D eigenvalue weighted by atomic mass is 35.5. The summed E-state index contributed by atoms with van der Waals surface area (Å²) in [7, 11) is 0. The van der Waals surface area contributed by atoms with Crippen molar-refractivity contribution in [2.75, 3.05) is 36.4 Å². The first-order valence-corrected chi connectivity index (χ1v) is 8.93.